The first-order chi connectivity index (χ1) is 11.6. The number of ether oxygens (including phenoxy) is 1. The Morgan fingerprint density at radius 2 is 2.00 bits per heavy atom. The van der Waals surface area contributed by atoms with Crippen molar-refractivity contribution in [2.75, 3.05) is 6.54 Å². The molecule has 1 aliphatic heterocycles. The number of carbonyl (C=O) groups is 1. The highest BCUT2D eigenvalue weighted by Crippen LogP contribution is 2.35. The highest BCUT2D eigenvalue weighted by molar-refractivity contribution is 9.10. The van der Waals surface area contributed by atoms with E-state index in [2.05, 4.69) is 22.0 Å². The molecule has 0 N–H and O–H groups in total. The Kier molecular flexibility index (Phi) is 5.59. The van der Waals surface area contributed by atoms with Gasteiger partial charge < -0.3 is 4.74 Å². The van der Waals surface area contributed by atoms with Gasteiger partial charge in [0.2, 0.25) is 0 Å². The first-order valence-electron chi connectivity index (χ1n) is 7.72. The van der Waals surface area contributed by atoms with Crippen molar-refractivity contribution >= 4 is 33.6 Å². The maximum Gasteiger partial charge on any atom is 0.410 e. The van der Waals surface area contributed by atoms with Crippen LogP contribution in [0.15, 0.2) is 65.2 Å². The zero-order chi connectivity index (χ0) is 16.9. The van der Waals surface area contributed by atoms with Crippen LogP contribution in [-0.4, -0.2) is 17.5 Å². The molecule has 1 amide bonds. The molecule has 24 heavy (non-hydrogen) atoms. The lowest BCUT2D eigenvalue weighted by Crippen LogP contribution is -2.37. The Labute approximate surface area is 155 Å². The maximum absolute atomic E-state index is 12.6. The predicted octanol–water partition coefficient (Wildman–Crippen LogP) is 5.74. The summed E-state index contributed by atoms with van der Waals surface area (Å²) < 4.78 is 6.43. The lowest BCUT2D eigenvalue weighted by atomic mass is 9.99. The number of nitrogens with zero attached hydrogens (tertiary/aromatic N) is 1. The van der Waals surface area contributed by atoms with Crippen molar-refractivity contribution < 1.29 is 9.53 Å². The summed E-state index contributed by atoms with van der Waals surface area (Å²) in [7, 11) is 0. The Hall–Kier alpha value is -1.78. The van der Waals surface area contributed by atoms with Crippen molar-refractivity contribution in [2.24, 2.45) is 0 Å². The normalized spacial score (nSPS) is 16.9. The van der Waals surface area contributed by atoms with Gasteiger partial charge in [-0.2, -0.15) is 0 Å². The Balaban J connectivity index is 1.76. The van der Waals surface area contributed by atoms with E-state index in [-0.39, 0.29) is 18.7 Å². The summed E-state index contributed by atoms with van der Waals surface area (Å²) in [6, 6.07) is 15.2. The average Bonchev–Trinajstić information content (AvgIpc) is 2.62. The predicted molar refractivity (Wildman–Crippen MR) is 99.0 cm³/mol. The lowest BCUT2D eigenvalue weighted by molar-refractivity contribution is 0.0831. The van der Waals surface area contributed by atoms with E-state index in [1.54, 1.807) is 4.90 Å². The molecular formula is C19H17BrClNO2. The number of hydrogen-bond acceptors (Lipinski definition) is 2. The molecule has 3 nitrogen and oxygen atoms in total. The molecule has 5 heteroatoms. The number of halogens is 2. The van der Waals surface area contributed by atoms with E-state index < -0.39 is 0 Å². The molecule has 0 fully saturated rings. The Morgan fingerprint density at radius 1 is 1.21 bits per heavy atom. The third kappa shape index (κ3) is 4.00. The van der Waals surface area contributed by atoms with Gasteiger partial charge in [-0.1, -0.05) is 70.0 Å². The molecule has 1 aliphatic rings. The minimum absolute atomic E-state index is 0.0913. The van der Waals surface area contributed by atoms with Crippen LogP contribution in [0.4, 0.5) is 4.79 Å². The molecule has 3 rings (SSSR count). The topological polar surface area (TPSA) is 29.5 Å². The summed E-state index contributed by atoms with van der Waals surface area (Å²) in [6.45, 7) is 0.792. The highest BCUT2D eigenvalue weighted by Gasteiger charge is 2.28. The van der Waals surface area contributed by atoms with E-state index in [1.165, 1.54) is 0 Å². The van der Waals surface area contributed by atoms with E-state index in [0.717, 1.165) is 22.0 Å². The van der Waals surface area contributed by atoms with E-state index in [4.69, 9.17) is 16.3 Å². The van der Waals surface area contributed by atoms with Gasteiger partial charge in [-0.3, -0.25) is 4.90 Å². The molecule has 1 atom stereocenters. The summed E-state index contributed by atoms with van der Waals surface area (Å²) in [5, 5.41) is 0.653. The van der Waals surface area contributed by atoms with Gasteiger partial charge >= 0.3 is 6.09 Å². The lowest BCUT2D eigenvalue weighted by Gasteiger charge is -2.33. The van der Waals surface area contributed by atoms with Gasteiger partial charge in [-0.15, -0.1) is 0 Å². The first kappa shape index (κ1) is 17.1. The molecule has 2 aromatic rings. The number of benzene rings is 2. The first-order valence-corrected chi connectivity index (χ1v) is 8.89. The average molecular weight is 407 g/mol. The second-order valence-electron chi connectivity index (χ2n) is 5.58. The van der Waals surface area contributed by atoms with Crippen LogP contribution in [0.3, 0.4) is 0 Å². The van der Waals surface area contributed by atoms with Crippen molar-refractivity contribution in [3.05, 3.63) is 81.3 Å². The second kappa shape index (κ2) is 7.86. The molecule has 2 aromatic carbocycles. The van der Waals surface area contributed by atoms with E-state index in [0.29, 0.717) is 11.6 Å². The quantitative estimate of drug-likeness (QED) is 0.608. The third-order valence-corrected chi connectivity index (χ3v) is 4.92. The zero-order valence-electron chi connectivity index (χ0n) is 13.0. The van der Waals surface area contributed by atoms with Crippen LogP contribution in [-0.2, 0) is 11.3 Å². The van der Waals surface area contributed by atoms with Crippen LogP contribution in [0.25, 0.3) is 0 Å². The van der Waals surface area contributed by atoms with Crippen molar-refractivity contribution in [3.8, 4) is 0 Å². The number of rotatable bonds is 3. The van der Waals surface area contributed by atoms with E-state index >= 15 is 0 Å². The van der Waals surface area contributed by atoms with Crippen molar-refractivity contribution in [2.45, 2.75) is 19.1 Å². The fourth-order valence-electron chi connectivity index (χ4n) is 2.74. The van der Waals surface area contributed by atoms with Crippen LogP contribution >= 0.6 is 27.5 Å². The fraction of sp³-hybridized carbons (Fsp3) is 0.211. The minimum Gasteiger partial charge on any atom is -0.445 e. The monoisotopic (exact) mass is 405 g/mol. The van der Waals surface area contributed by atoms with E-state index in [9.17, 15) is 4.79 Å². The van der Waals surface area contributed by atoms with Crippen LogP contribution in [0.5, 0.6) is 0 Å². The van der Waals surface area contributed by atoms with Gasteiger partial charge in [-0.25, -0.2) is 4.79 Å². The van der Waals surface area contributed by atoms with Crippen molar-refractivity contribution in [1.82, 2.24) is 4.90 Å². The Morgan fingerprint density at radius 3 is 2.79 bits per heavy atom. The summed E-state index contributed by atoms with van der Waals surface area (Å²) in [4.78, 5) is 14.3. The molecule has 1 heterocycles. The molecule has 0 radical (unpaired) electrons. The zero-order valence-corrected chi connectivity index (χ0v) is 15.3. The van der Waals surface area contributed by atoms with Crippen LogP contribution in [0.1, 0.15) is 23.6 Å². The Bertz CT molecular complexity index is 748. The van der Waals surface area contributed by atoms with Crippen molar-refractivity contribution in [1.29, 1.82) is 0 Å². The third-order valence-electron chi connectivity index (χ3n) is 3.96. The molecule has 1 unspecified atom stereocenters. The van der Waals surface area contributed by atoms with Gasteiger partial charge in [0, 0.05) is 16.0 Å². The summed E-state index contributed by atoms with van der Waals surface area (Å²) in [6.07, 6.45) is 4.48. The molecule has 0 saturated carbocycles. The van der Waals surface area contributed by atoms with Gasteiger partial charge in [0.05, 0.1) is 6.04 Å². The molecule has 0 spiro atoms. The molecule has 0 bridgehead atoms. The number of hydrogen-bond donors (Lipinski definition) is 0. The molecule has 0 aromatic heterocycles. The summed E-state index contributed by atoms with van der Waals surface area (Å²) in [5.74, 6) is 0. The maximum atomic E-state index is 12.6. The van der Waals surface area contributed by atoms with Crippen LogP contribution in [0.2, 0.25) is 5.02 Å². The molecule has 0 saturated heterocycles. The largest absolute Gasteiger partial charge is 0.445 e. The van der Waals surface area contributed by atoms with Gasteiger partial charge in [0.15, 0.2) is 0 Å². The van der Waals surface area contributed by atoms with Gasteiger partial charge in [-0.05, 0) is 35.7 Å². The van der Waals surface area contributed by atoms with Gasteiger partial charge in [0.25, 0.3) is 0 Å². The minimum atomic E-state index is -0.319. The van der Waals surface area contributed by atoms with Crippen molar-refractivity contribution in [3.63, 3.8) is 0 Å². The van der Waals surface area contributed by atoms with Crippen LogP contribution < -0.4 is 0 Å². The summed E-state index contributed by atoms with van der Waals surface area (Å²) in [5.41, 5.74) is 1.96. The van der Waals surface area contributed by atoms with Crippen LogP contribution in [0, 0.1) is 0 Å². The smallest absolute Gasteiger partial charge is 0.410 e. The number of carbonyl (C=O) groups excluding carboxylic acids is 1. The van der Waals surface area contributed by atoms with Gasteiger partial charge in [0.1, 0.15) is 6.61 Å². The molecular weight excluding hydrogens is 390 g/mol. The second-order valence-corrected chi connectivity index (χ2v) is 6.87. The molecule has 0 aliphatic carbocycles. The van der Waals surface area contributed by atoms with E-state index in [1.807, 2.05) is 54.6 Å². The number of amides is 1. The SMILES string of the molecule is O=C(OCc1ccccc1)N1CC=CCC1c1cc(Cl)ccc1Br. The standard InChI is InChI=1S/C19H17BrClNO2/c20-17-10-9-15(21)12-16(17)18-8-4-5-11-22(18)19(23)24-13-14-6-2-1-3-7-14/h1-7,9-10,12,18H,8,11,13H2. The fourth-order valence-corrected chi connectivity index (χ4v) is 3.43. The highest BCUT2D eigenvalue weighted by atomic mass is 79.9. The summed E-state index contributed by atoms with van der Waals surface area (Å²) >= 11 is 9.69. The molecule has 124 valence electrons.